The minimum atomic E-state index is -0.0484. The summed E-state index contributed by atoms with van der Waals surface area (Å²) in [6.45, 7) is 4.46. The Hall–Kier alpha value is -5.15. The third-order valence-electron chi connectivity index (χ3n) is 8.63. The van der Waals surface area contributed by atoms with Crippen LogP contribution in [-0.2, 0) is 31.9 Å². The zero-order chi connectivity index (χ0) is 32.1. The molecule has 237 valence electrons. The summed E-state index contributed by atoms with van der Waals surface area (Å²) in [5.41, 5.74) is 10.7. The summed E-state index contributed by atoms with van der Waals surface area (Å²) in [5.74, 6) is 0. The van der Waals surface area contributed by atoms with Crippen LogP contribution in [0.5, 0.6) is 0 Å². The Morgan fingerprint density at radius 3 is 2.08 bits per heavy atom. The molecule has 48 heavy (non-hydrogen) atoms. The molecule has 0 spiro atoms. The third kappa shape index (κ3) is 7.21. The first-order valence-corrected chi connectivity index (χ1v) is 15.9. The van der Waals surface area contributed by atoms with Crippen molar-refractivity contribution in [2.45, 2.75) is 25.7 Å². The molecule has 3 aromatic heterocycles. The summed E-state index contributed by atoms with van der Waals surface area (Å²) in [4.78, 5) is 9.17. The van der Waals surface area contributed by atoms with Gasteiger partial charge in [-0.05, 0) is 52.2 Å². The number of benzene rings is 5. The summed E-state index contributed by atoms with van der Waals surface area (Å²) in [6.07, 6.45) is 4.75. The van der Waals surface area contributed by atoms with Crippen molar-refractivity contribution in [1.82, 2.24) is 9.97 Å². The summed E-state index contributed by atoms with van der Waals surface area (Å²) in [7, 11) is 0. The van der Waals surface area contributed by atoms with Gasteiger partial charge in [0.1, 0.15) is 5.58 Å². The van der Waals surface area contributed by atoms with Gasteiger partial charge in [-0.25, -0.2) is 0 Å². The second kappa shape index (κ2) is 14.7. The first-order chi connectivity index (χ1) is 23.0. The fourth-order valence-electron chi connectivity index (χ4n) is 5.88. The monoisotopic (exact) mass is 799 g/mol. The molecule has 0 saturated heterocycles. The normalized spacial score (nSPS) is 11.0. The third-order valence-corrected chi connectivity index (χ3v) is 8.63. The smallest absolute Gasteiger partial charge is 0.120 e. The van der Waals surface area contributed by atoms with E-state index in [-0.39, 0.29) is 25.5 Å². The van der Waals surface area contributed by atoms with Gasteiger partial charge in [0.2, 0.25) is 0 Å². The number of hydrogen-bond donors (Lipinski definition) is 0. The van der Waals surface area contributed by atoms with E-state index in [0.717, 1.165) is 50.9 Å². The predicted octanol–water partition coefficient (Wildman–Crippen LogP) is 10.9. The number of para-hydroxylation sites is 1. The van der Waals surface area contributed by atoms with Gasteiger partial charge in [0, 0.05) is 43.3 Å². The molecule has 0 fully saturated rings. The summed E-state index contributed by atoms with van der Waals surface area (Å²) >= 11 is 0. The van der Waals surface area contributed by atoms with Gasteiger partial charge in [-0.15, -0.1) is 59.7 Å². The Morgan fingerprint density at radius 2 is 1.33 bits per heavy atom. The van der Waals surface area contributed by atoms with Crippen molar-refractivity contribution in [3.63, 3.8) is 0 Å². The van der Waals surface area contributed by atoms with E-state index in [9.17, 15) is 0 Å². The van der Waals surface area contributed by atoms with Gasteiger partial charge < -0.3 is 14.4 Å². The number of aromatic nitrogens is 2. The van der Waals surface area contributed by atoms with Crippen LogP contribution in [0.3, 0.4) is 0 Å². The molecule has 0 aliphatic carbocycles. The number of nitrogens with zero attached hydrogens (tertiary/aromatic N) is 2. The van der Waals surface area contributed by atoms with Gasteiger partial charge >= 0.3 is 0 Å². The molecule has 0 bridgehead atoms. The van der Waals surface area contributed by atoms with E-state index < -0.39 is 0 Å². The van der Waals surface area contributed by atoms with Crippen LogP contribution < -0.4 is 0 Å². The van der Waals surface area contributed by atoms with Crippen molar-refractivity contribution < 1.29 is 24.5 Å². The molecule has 0 amide bonds. The Morgan fingerprint density at radius 1 is 0.583 bits per heavy atom. The predicted molar refractivity (Wildman–Crippen MR) is 192 cm³/mol. The van der Waals surface area contributed by atoms with Gasteiger partial charge in [0.25, 0.3) is 0 Å². The number of rotatable bonds is 6. The molecule has 0 atom stereocenters. The average molecular weight is 799 g/mol. The second-order valence-corrected chi connectivity index (χ2v) is 12.1. The maximum atomic E-state index is 5.89. The number of hydrogen-bond acceptors (Lipinski definition) is 3. The SMILES string of the molecule is CC(C)(c1ccccc1)c1ccc(-c2[c-]cccc2)nc1.[Ir].[c-]1cc2oc3ccccc3c2cc1-c1cc(Cc2ccccc2)ccn1. The molecule has 5 aromatic carbocycles. The van der Waals surface area contributed by atoms with Crippen molar-refractivity contribution in [2.75, 3.05) is 0 Å². The minimum absolute atomic E-state index is 0. The molecule has 3 heterocycles. The molecule has 8 rings (SSSR count). The van der Waals surface area contributed by atoms with E-state index >= 15 is 0 Å². The fourth-order valence-corrected chi connectivity index (χ4v) is 5.88. The van der Waals surface area contributed by atoms with E-state index in [0.29, 0.717) is 0 Å². The fraction of sp³-hybridized carbons (Fsp3) is 0.0909. The first-order valence-electron chi connectivity index (χ1n) is 15.9. The minimum Gasteiger partial charge on any atom is -0.500 e. The Kier molecular flexibility index (Phi) is 10.1. The zero-order valence-corrected chi connectivity index (χ0v) is 29.2. The maximum absolute atomic E-state index is 5.89. The molecule has 0 unspecified atom stereocenters. The summed E-state index contributed by atoms with van der Waals surface area (Å²) in [5, 5.41) is 2.22. The quantitative estimate of drug-likeness (QED) is 0.157. The molecular formula is C44H34IrN2O-2. The van der Waals surface area contributed by atoms with Crippen molar-refractivity contribution >= 4 is 21.9 Å². The molecule has 0 aliphatic rings. The van der Waals surface area contributed by atoms with E-state index in [4.69, 9.17) is 4.42 Å². The van der Waals surface area contributed by atoms with Crippen molar-refractivity contribution in [3.05, 3.63) is 192 Å². The van der Waals surface area contributed by atoms with Crippen LogP contribution in [0.2, 0.25) is 0 Å². The topological polar surface area (TPSA) is 38.9 Å². The van der Waals surface area contributed by atoms with E-state index in [1.54, 1.807) is 0 Å². The number of fused-ring (bicyclic) bond motifs is 3. The van der Waals surface area contributed by atoms with Crippen molar-refractivity contribution in [3.8, 4) is 22.5 Å². The number of pyridine rings is 2. The van der Waals surface area contributed by atoms with Crippen LogP contribution in [0, 0.1) is 12.1 Å². The van der Waals surface area contributed by atoms with Gasteiger partial charge in [0.05, 0.1) is 5.58 Å². The Labute approximate surface area is 295 Å². The molecule has 0 N–H and O–H groups in total. The first kappa shape index (κ1) is 32.8. The molecule has 3 nitrogen and oxygen atoms in total. The zero-order valence-electron chi connectivity index (χ0n) is 26.9. The number of furan rings is 1. The van der Waals surface area contributed by atoms with E-state index in [1.165, 1.54) is 22.3 Å². The second-order valence-electron chi connectivity index (χ2n) is 12.1. The van der Waals surface area contributed by atoms with Crippen LogP contribution in [-0.4, -0.2) is 9.97 Å². The molecule has 8 aromatic rings. The van der Waals surface area contributed by atoms with Gasteiger partial charge in [0.15, 0.2) is 0 Å². The van der Waals surface area contributed by atoms with Crippen molar-refractivity contribution in [2.24, 2.45) is 0 Å². The van der Waals surface area contributed by atoms with Gasteiger partial charge in [-0.2, -0.15) is 0 Å². The largest absolute Gasteiger partial charge is 0.500 e. The maximum Gasteiger partial charge on any atom is 0.120 e. The summed E-state index contributed by atoms with van der Waals surface area (Å²) in [6, 6.07) is 56.1. The molecule has 0 saturated carbocycles. The standard InChI is InChI=1S/C24H16NO.C20H18N.Ir/c1-2-6-17(7-3-1)14-18-12-13-25-22(15-18)19-10-11-24-21(16-19)20-8-4-5-9-23(20)26-24;1-20(2,17-11-7-4-8-12-17)18-13-14-19(21-15-18)16-9-5-3-6-10-16;/h1-9,11-13,15-16H,14H2;3-9,11-15H,1-2H3;/q2*-1;. The summed E-state index contributed by atoms with van der Waals surface area (Å²) < 4.78 is 5.89. The Bertz CT molecular complexity index is 2230. The molecule has 1 radical (unpaired) electrons. The van der Waals surface area contributed by atoms with E-state index in [2.05, 4.69) is 121 Å². The van der Waals surface area contributed by atoms with Crippen LogP contribution in [0.25, 0.3) is 44.5 Å². The van der Waals surface area contributed by atoms with Gasteiger partial charge in [-0.3, -0.25) is 0 Å². The van der Waals surface area contributed by atoms with Crippen molar-refractivity contribution in [1.29, 1.82) is 0 Å². The molecular weight excluding hydrogens is 765 g/mol. The average Bonchev–Trinajstić information content (AvgIpc) is 3.51. The van der Waals surface area contributed by atoms with Crippen LogP contribution in [0.4, 0.5) is 0 Å². The molecule has 4 heteroatoms. The van der Waals surface area contributed by atoms with Crippen LogP contribution >= 0.6 is 0 Å². The molecule has 0 aliphatic heterocycles. The van der Waals surface area contributed by atoms with Crippen LogP contribution in [0.1, 0.15) is 36.1 Å². The van der Waals surface area contributed by atoms with Crippen LogP contribution in [0.15, 0.2) is 162 Å². The van der Waals surface area contributed by atoms with Gasteiger partial charge in [-0.1, -0.05) is 116 Å². The van der Waals surface area contributed by atoms with E-state index in [1.807, 2.05) is 73.1 Å². The Balaban J connectivity index is 0.000000168.